The number of nitrogens with one attached hydrogen (secondary N) is 1. The molecule has 0 aliphatic rings. The average Bonchev–Trinajstić information content (AvgIpc) is 2.46. The average molecular weight is 258 g/mol. The molecule has 0 spiro atoms. The Kier molecular flexibility index (Phi) is 4.61. The van der Waals surface area contributed by atoms with Crippen molar-refractivity contribution in [2.24, 2.45) is 0 Å². The molecule has 0 unspecified atom stereocenters. The van der Waals surface area contributed by atoms with Crippen molar-refractivity contribution in [2.45, 2.75) is 13.3 Å². The van der Waals surface area contributed by atoms with Crippen LogP contribution in [-0.2, 0) is 0 Å². The van der Waals surface area contributed by atoms with Crippen LogP contribution in [0.3, 0.4) is 0 Å². The Morgan fingerprint density at radius 1 is 1.05 bits per heavy atom. The fourth-order valence-electron chi connectivity index (χ4n) is 1.62. The molecule has 1 aromatic heterocycles. The predicted molar refractivity (Wildman–Crippen MR) is 76.1 cm³/mol. The summed E-state index contributed by atoms with van der Waals surface area (Å²) in [6, 6.07) is 9.40. The smallest absolute Gasteiger partial charge is 0.147 e. The maximum Gasteiger partial charge on any atom is 0.147 e. The largest absolute Gasteiger partial charge is 0.497 e. The van der Waals surface area contributed by atoms with Gasteiger partial charge < -0.3 is 14.8 Å². The number of nitrogens with zero attached hydrogens (tertiary/aromatic N) is 1. The molecule has 0 radical (unpaired) electrons. The molecule has 1 N–H and O–H groups in total. The number of benzene rings is 1. The highest BCUT2D eigenvalue weighted by molar-refractivity contribution is 5.46. The van der Waals surface area contributed by atoms with Crippen molar-refractivity contribution < 1.29 is 9.47 Å². The molecular formula is C15H18N2O2. The summed E-state index contributed by atoms with van der Waals surface area (Å²) in [4.78, 5) is 4.16. The van der Waals surface area contributed by atoms with E-state index in [0.29, 0.717) is 5.75 Å². The normalized spacial score (nSPS) is 10.0. The van der Waals surface area contributed by atoms with E-state index in [9.17, 15) is 0 Å². The van der Waals surface area contributed by atoms with Gasteiger partial charge in [0.1, 0.15) is 17.2 Å². The van der Waals surface area contributed by atoms with E-state index in [4.69, 9.17) is 9.47 Å². The Hall–Kier alpha value is -2.23. The fraction of sp³-hybridized carbons (Fsp3) is 0.267. The molecule has 0 amide bonds. The van der Waals surface area contributed by atoms with Crippen LogP contribution >= 0.6 is 0 Å². The Balaban J connectivity index is 2.05. The molecule has 0 aliphatic carbocycles. The minimum Gasteiger partial charge on any atom is -0.497 e. The molecular weight excluding hydrogens is 240 g/mol. The zero-order chi connectivity index (χ0) is 13.5. The van der Waals surface area contributed by atoms with Crippen molar-refractivity contribution in [1.82, 2.24) is 4.98 Å². The first-order valence-electron chi connectivity index (χ1n) is 6.32. The number of pyridine rings is 1. The van der Waals surface area contributed by atoms with E-state index in [2.05, 4.69) is 17.2 Å². The number of methoxy groups -OCH3 is 1. The quantitative estimate of drug-likeness (QED) is 0.857. The topological polar surface area (TPSA) is 43.4 Å². The molecule has 0 saturated carbocycles. The van der Waals surface area contributed by atoms with E-state index in [1.165, 1.54) is 0 Å². The summed E-state index contributed by atoms with van der Waals surface area (Å²) in [6.45, 7) is 3.05. The summed E-state index contributed by atoms with van der Waals surface area (Å²) < 4.78 is 10.8. The number of ether oxygens (including phenoxy) is 2. The molecule has 1 heterocycles. The first kappa shape index (κ1) is 13.2. The zero-order valence-corrected chi connectivity index (χ0v) is 11.2. The highest BCUT2D eigenvalue weighted by Gasteiger charge is 2.00. The minimum absolute atomic E-state index is 0.714. The highest BCUT2D eigenvalue weighted by atomic mass is 16.5. The van der Waals surface area contributed by atoms with Gasteiger partial charge >= 0.3 is 0 Å². The Morgan fingerprint density at radius 2 is 1.79 bits per heavy atom. The first-order valence-corrected chi connectivity index (χ1v) is 6.32. The second-order valence-electron chi connectivity index (χ2n) is 4.11. The van der Waals surface area contributed by atoms with Crippen molar-refractivity contribution in [3.05, 3.63) is 42.7 Å². The number of hydrogen-bond acceptors (Lipinski definition) is 4. The third-order valence-electron chi connectivity index (χ3n) is 2.59. The third-order valence-corrected chi connectivity index (χ3v) is 2.59. The lowest BCUT2D eigenvalue weighted by atomic mass is 10.3. The van der Waals surface area contributed by atoms with Crippen molar-refractivity contribution in [3.63, 3.8) is 0 Å². The van der Waals surface area contributed by atoms with Crippen LogP contribution in [0.25, 0.3) is 0 Å². The van der Waals surface area contributed by atoms with Crippen LogP contribution in [0.2, 0.25) is 0 Å². The van der Waals surface area contributed by atoms with Gasteiger partial charge in [0, 0.05) is 12.6 Å². The number of hydrogen-bond donors (Lipinski definition) is 1. The molecule has 0 atom stereocenters. The van der Waals surface area contributed by atoms with Gasteiger partial charge in [-0.1, -0.05) is 6.92 Å². The van der Waals surface area contributed by atoms with Crippen LogP contribution in [0.4, 0.5) is 5.69 Å². The van der Waals surface area contributed by atoms with E-state index in [0.717, 1.165) is 30.2 Å². The van der Waals surface area contributed by atoms with Gasteiger partial charge in [0.2, 0.25) is 0 Å². The number of rotatable bonds is 6. The maximum absolute atomic E-state index is 5.74. The van der Waals surface area contributed by atoms with Crippen LogP contribution in [0.1, 0.15) is 13.3 Å². The van der Waals surface area contributed by atoms with Gasteiger partial charge in [-0.25, -0.2) is 0 Å². The fourth-order valence-corrected chi connectivity index (χ4v) is 1.62. The molecule has 2 aromatic rings. The van der Waals surface area contributed by atoms with Gasteiger partial charge in [0.25, 0.3) is 0 Å². The van der Waals surface area contributed by atoms with E-state index < -0.39 is 0 Å². The number of aromatic nitrogens is 1. The lowest BCUT2D eigenvalue weighted by Crippen LogP contribution is -2.00. The summed E-state index contributed by atoms with van der Waals surface area (Å²) in [7, 11) is 1.64. The SMILES string of the molecule is CCCNc1cncc(Oc2ccc(OC)cc2)c1. The van der Waals surface area contributed by atoms with Gasteiger partial charge in [-0.15, -0.1) is 0 Å². The zero-order valence-electron chi connectivity index (χ0n) is 11.2. The summed E-state index contributed by atoms with van der Waals surface area (Å²) in [5.74, 6) is 2.28. The molecule has 2 rings (SSSR count). The monoisotopic (exact) mass is 258 g/mol. The van der Waals surface area contributed by atoms with E-state index in [1.54, 1.807) is 19.5 Å². The molecule has 0 bridgehead atoms. The van der Waals surface area contributed by atoms with Gasteiger partial charge in [-0.05, 0) is 30.7 Å². The molecule has 4 heteroatoms. The van der Waals surface area contributed by atoms with Crippen LogP contribution in [0.5, 0.6) is 17.2 Å². The van der Waals surface area contributed by atoms with E-state index in [-0.39, 0.29) is 0 Å². The first-order chi connectivity index (χ1) is 9.31. The van der Waals surface area contributed by atoms with Gasteiger partial charge in [0.05, 0.1) is 25.2 Å². The van der Waals surface area contributed by atoms with Gasteiger partial charge in [0.15, 0.2) is 0 Å². The van der Waals surface area contributed by atoms with Gasteiger partial charge in [-0.3, -0.25) is 4.98 Å². The van der Waals surface area contributed by atoms with Gasteiger partial charge in [-0.2, -0.15) is 0 Å². The molecule has 4 nitrogen and oxygen atoms in total. The Labute approximate surface area is 113 Å². The van der Waals surface area contributed by atoms with Crippen LogP contribution in [-0.4, -0.2) is 18.6 Å². The Bertz CT molecular complexity index is 512. The molecule has 0 fully saturated rings. The van der Waals surface area contributed by atoms with Crippen molar-refractivity contribution in [2.75, 3.05) is 19.0 Å². The second kappa shape index (κ2) is 6.64. The molecule has 100 valence electrons. The van der Waals surface area contributed by atoms with Crippen molar-refractivity contribution in [1.29, 1.82) is 0 Å². The van der Waals surface area contributed by atoms with Crippen molar-refractivity contribution >= 4 is 5.69 Å². The Morgan fingerprint density at radius 3 is 2.47 bits per heavy atom. The van der Waals surface area contributed by atoms with Crippen LogP contribution in [0, 0.1) is 0 Å². The molecule has 0 aliphatic heterocycles. The minimum atomic E-state index is 0.714. The van der Waals surface area contributed by atoms with Crippen LogP contribution < -0.4 is 14.8 Å². The van der Waals surface area contributed by atoms with E-state index in [1.807, 2.05) is 30.3 Å². The third kappa shape index (κ3) is 3.88. The number of anilines is 1. The summed E-state index contributed by atoms with van der Waals surface area (Å²) in [5.41, 5.74) is 0.966. The lowest BCUT2D eigenvalue weighted by Gasteiger charge is -2.08. The molecule has 19 heavy (non-hydrogen) atoms. The summed E-state index contributed by atoms with van der Waals surface area (Å²) in [5, 5.41) is 3.28. The highest BCUT2D eigenvalue weighted by Crippen LogP contribution is 2.24. The predicted octanol–water partition coefficient (Wildman–Crippen LogP) is 3.70. The molecule has 0 saturated heterocycles. The van der Waals surface area contributed by atoms with Crippen LogP contribution in [0.15, 0.2) is 42.7 Å². The van der Waals surface area contributed by atoms with E-state index >= 15 is 0 Å². The molecule has 1 aromatic carbocycles. The summed E-state index contributed by atoms with van der Waals surface area (Å²) in [6.07, 6.45) is 4.56. The standard InChI is InChI=1S/C15H18N2O2/c1-3-8-17-12-9-15(11-16-10-12)19-14-6-4-13(18-2)5-7-14/h4-7,9-11,17H,3,8H2,1-2H3. The van der Waals surface area contributed by atoms with Crippen molar-refractivity contribution in [3.8, 4) is 17.2 Å². The lowest BCUT2D eigenvalue weighted by molar-refractivity contribution is 0.413. The summed E-state index contributed by atoms with van der Waals surface area (Å²) >= 11 is 0. The second-order valence-corrected chi connectivity index (χ2v) is 4.11. The maximum atomic E-state index is 5.74.